The van der Waals surface area contributed by atoms with Crippen LogP contribution in [0.4, 0.5) is 0 Å². The van der Waals surface area contributed by atoms with Crippen LogP contribution in [0.15, 0.2) is 34.2 Å². The SMILES string of the molecule is CNC1CCCN(C(=O)C(CC(C)C)N=C2NS(=O)(=O)c3ccccc32)C1. The van der Waals surface area contributed by atoms with E-state index in [1.54, 1.807) is 24.3 Å². The highest BCUT2D eigenvalue weighted by Crippen LogP contribution is 2.24. The van der Waals surface area contributed by atoms with Crippen molar-refractivity contribution in [2.45, 2.75) is 50.1 Å². The Morgan fingerprint density at radius 2 is 2.11 bits per heavy atom. The van der Waals surface area contributed by atoms with Crippen molar-refractivity contribution in [1.82, 2.24) is 14.9 Å². The number of nitrogens with one attached hydrogen (secondary N) is 2. The highest BCUT2D eigenvalue weighted by molar-refractivity contribution is 7.90. The molecule has 2 N–H and O–H groups in total. The Balaban J connectivity index is 1.90. The summed E-state index contributed by atoms with van der Waals surface area (Å²) in [5, 5.41) is 3.24. The summed E-state index contributed by atoms with van der Waals surface area (Å²) in [6.45, 7) is 5.47. The molecule has 0 aromatic heterocycles. The van der Waals surface area contributed by atoms with Gasteiger partial charge in [-0.3, -0.25) is 14.5 Å². The van der Waals surface area contributed by atoms with Crippen molar-refractivity contribution in [3.8, 4) is 0 Å². The molecule has 1 aromatic rings. The molecule has 0 aliphatic carbocycles. The number of likely N-dealkylation sites (N-methyl/N-ethyl adjacent to an activating group) is 1. The molecule has 27 heavy (non-hydrogen) atoms. The van der Waals surface area contributed by atoms with Gasteiger partial charge in [0.25, 0.3) is 10.0 Å². The van der Waals surface area contributed by atoms with Crippen LogP contribution in [0, 0.1) is 5.92 Å². The summed E-state index contributed by atoms with van der Waals surface area (Å²) in [7, 11) is -1.70. The standard InChI is InChI=1S/C19H28N4O3S/c1-13(2)11-16(19(24)23-10-6-7-14(12-23)20-3)21-18-15-8-4-5-9-17(15)27(25,26)22-18/h4-5,8-9,13-14,16,20H,6-7,10-12H2,1-3H3,(H,21,22). The van der Waals surface area contributed by atoms with Crippen LogP contribution in [-0.4, -0.2) is 57.3 Å². The molecule has 2 heterocycles. The summed E-state index contributed by atoms with van der Waals surface area (Å²) in [6, 6.07) is 6.44. The van der Waals surface area contributed by atoms with E-state index in [1.165, 1.54) is 0 Å². The van der Waals surface area contributed by atoms with Crippen LogP contribution in [0.3, 0.4) is 0 Å². The minimum atomic E-state index is -3.61. The number of hydrogen-bond donors (Lipinski definition) is 2. The van der Waals surface area contributed by atoms with E-state index in [1.807, 2.05) is 25.8 Å². The summed E-state index contributed by atoms with van der Waals surface area (Å²) in [4.78, 5) is 19.8. The zero-order valence-electron chi connectivity index (χ0n) is 16.1. The Bertz CT molecular complexity index is 835. The third-order valence-electron chi connectivity index (χ3n) is 5.07. The molecular weight excluding hydrogens is 364 g/mol. The Morgan fingerprint density at radius 1 is 1.37 bits per heavy atom. The van der Waals surface area contributed by atoms with Crippen LogP contribution in [0.2, 0.25) is 0 Å². The number of rotatable bonds is 5. The largest absolute Gasteiger partial charge is 0.339 e. The number of benzene rings is 1. The van der Waals surface area contributed by atoms with Crippen molar-refractivity contribution in [2.75, 3.05) is 20.1 Å². The van der Waals surface area contributed by atoms with E-state index >= 15 is 0 Å². The molecule has 0 bridgehead atoms. The lowest BCUT2D eigenvalue weighted by atomic mass is 10.00. The van der Waals surface area contributed by atoms with Crippen LogP contribution in [0.1, 0.15) is 38.7 Å². The lowest BCUT2D eigenvalue weighted by molar-refractivity contribution is -0.134. The Hall–Kier alpha value is -1.93. The number of carbonyl (C=O) groups is 1. The first-order chi connectivity index (χ1) is 12.8. The van der Waals surface area contributed by atoms with E-state index in [0.717, 1.165) is 19.4 Å². The van der Waals surface area contributed by atoms with Crippen molar-refractivity contribution in [3.63, 3.8) is 0 Å². The van der Waals surface area contributed by atoms with Gasteiger partial charge in [0.1, 0.15) is 11.9 Å². The number of hydrogen-bond acceptors (Lipinski definition) is 5. The third-order valence-corrected chi connectivity index (χ3v) is 6.47. The molecule has 2 atom stereocenters. The second kappa shape index (κ2) is 7.98. The number of nitrogens with zero attached hydrogens (tertiary/aromatic N) is 2. The van der Waals surface area contributed by atoms with Crippen molar-refractivity contribution >= 4 is 21.8 Å². The minimum absolute atomic E-state index is 0.0280. The zero-order chi connectivity index (χ0) is 19.6. The van der Waals surface area contributed by atoms with Gasteiger partial charge < -0.3 is 10.2 Å². The van der Waals surface area contributed by atoms with Gasteiger partial charge in [0.05, 0.1) is 4.90 Å². The number of fused-ring (bicyclic) bond motifs is 1. The number of likely N-dealkylation sites (tertiary alicyclic amines) is 1. The molecule has 2 unspecified atom stereocenters. The smallest absolute Gasteiger partial charge is 0.263 e. The van der Waals surface area contributed by atoms with Gasteiger partial charge in [-0.1, -0.05) is 26.0 Å². The lowest BCUT2D eigenvalue weighted by Gasteiger charge is -2.34. The van der Waals surface area contributed by atoms with Crippen molar-refractivity contribution < 1.29 is 13.2 Å². The molecule has 3 rings (SSSR count). The average Bonchev–Trinajstić information content (AvgIpc) is 2.91. The number of amidine groups is 1. The molecule has 0 spiro atoms. The molecule has 0 radical (unpaired) electrons. The van der Waals surface area contributed by atoms with Gasteiger partial charge in [0.2, 0.25) is 5.91 Å². The van der Waals surface area contributed by atoms with Gasteiger partial charge in [0.15, 0.2) is 0 Å². The summed E-state index contributed by atoms with van der Waals surface area (Å²) >= 11 is 0. The Kier molecular flexibility index (Phi) is 5.86. The first-order valence-corrected chi connectivity index (χ1v) is 11.0. The van der Waals surface area contributed by atoms with Crippen molar-refractivity contribution in [2.24, 2.45) is 10.9 Å². The molecule has 1 saturated heterocycles. The molecule has 2 aliphatic heterocycles. The van der Waals surface area contributed by atoms with E-state index in [0.29, 0.717) is 24.6 Å². The Labute approximate surface area is 161 Å². The van der Waals surface area contributed by atoms with Gasteiger partial charge >= 0.3 is 0 Å². The van der Waals surface area contributed by atoms with Crippen molar-refractivity contribution in [3.05, 3.63) is 29.8 Å². The Morgan fingerprint density at radius 3 is 2.81 bits per heavy atom. The maximum absolute atomic E-state index is 13.2. The quantitative estimate of drug-likeness (QED) is 0.791. The molecule has 7 nitrogen and oxygen atoms in total. The van der Waals surface area contributed by atoms with Crippen LogP contribution in [0.5, 0.6) is 0 Å². The van der Waals surface area contributed by atoms with Crippen LogP contribution in [-0.2, 0) is 14.8 Å². The second-order valence-electron chi connectivity index (χ2n) is 7.64. The number of carbonyl (C=O) groups excluding carboxylic acids is 1. The van der Waals surface area contributed by atoms with Gasteiger partial charge in [-0.25, -0.2) is 8.42 Å². The third kappa shape index (κ3) is 4.32. The summed E-state index contributed by atoms with van der Waals surface area (Å²) in [6.07, 6.45) is 2.58. The predicted molar refractivity (Wildman–Crippen MR) is 105 cm³/mol. The molecular formula is C19H28N4O3S. The highest BCUT2D eigenvalue weighted by Gasteiger charge is 2.34. The second-order valence-corrected chi connectivity index (χ2v) is 9.29. The van der Waals surface area contributed by atoms with E-state index in [9.17, 15) is 13.2 Å². The first kappa shape index (κ1) is 19.8. The van der Waals surface area contributed by atoms with Crippen LogP contribution >= 0.6 is 0 Å². The topological polar surface area (TPSA) is 90.9 Å². The normalized spacial score (nSPS) is 23.9. The fourth-order valence-corrected chi connectivity index (χ4v) is 4.90. The molecule has 1 aromatic carbocycles. The van der Waals surface area contributed by atoms with Gasteiger partial charge in [0, 0.05) is 24.7 Å². The van der Waals surface area contributed by atoms with E-state index in [-0.39, 0.29) is 22.6 Å². The van der Waals surface area contributed by atoms with E-state index < -0.39 is 16.1 Å². The van der Waals surface area contributed by atoms with E-state index in [4.69, 9.17) is 0 Å². The maximum atomic E-state index is 13.2. The minimum Gasteiger partial charge on any atom is -0.339 e. The van der Waals surface area contributed by atoms with Gasteiger partial charge in [-0.15, -0.1) is 0 Å². The summed E-state index contributed by atoms with van der Waals surface area (Å²) in [5.74, 6) is 0.507. The molecule has 2 aliphatic rings. The monoisotopic (exact) mass is 392 g/mol. The van der Waals surface area contributed by atoms with Crippen LogP contribution < -0.4 is 10.0 Å². The zero-order valence-corrected chi connectivity index (χ0v) is 16.9. The number of aliphatic imine (C=N–C) groups is 1. The van der Waals surface area contributed by atoms with Crippen molar-refractivity contribution in [1.29, 1.82) is 0 Å². The first-order valence-electron chi connectivity index (χ1n) is 9.48. The fraction of sp³-hybridized carbons (Fsp3) is 0.579. The predicted octanol–water partition coefficient (Wildman–Crippen LogP) is 1.35. The lowest BCUT2D eigenvalue weighted by Crippen LogP contribution is -2.50. The number of amides is 1. The molecule has 8 heteroatoms. The molecule has 148 valence electrons. The van der Waals surface area contributed by atoms with E-state index in [2.05, 4.69) is 15.0 Å². The summed E-state index contributed by atoms with van der Waals surface area (Å²) < 4.78 is 27.2. The molecule has 1 amide bonds. The highest BCUT2D eigenvalue weighted by atomic mass is 32.2. The number of sulfonamides is 1. The average molecular weight is 393 g/mol. The van der Waals surface area contributed by atoms with Gasteiger partial charge in [-0.05, 0) is 44.4 Å². The van der Waals surface area contributed by atoms with Crippen LogP contribution in [0.25, 0.3) is 0 Å². The molecule has 0 saturated carbocycles. The fourth-order valence-electron chi connectivity index (χ4n) is 3.66. The van der Waals surface area contributed by atoms with Gasteiger partial charge in [-0.2, -0.15) is 0 Å². The molecule has 1 fully saturated rings. The maximum Gasteiger partial charge on any atom is 0.263 e. The summed E-state index contributed by atoms with van der Waals surface area (Å²) in [5.41, 5.74) is 0.533. The number of piperidine rings is 1.